The maximum Gasteiger partial charge on any atom is 0.0801 e. The van der Waals surface area contributed by atoms with E-state index in [2.05, 4.69) is 0 Å². The molecule has 0 aromatic rings. The molecule has 3 heteroatoms. The van der Waals surface area contributed by atoms with Gasteiger partial charge in [-0.3, -0.25) is 0 Å². The van der Waals surface area contributed by atoms with Crippen LogP contribution in [0.25, 0.3) is 0 Å². The summed E-state index contributed by atoms with van der Waals surface area (Å²) in [5, 5.41) is 0. The molecule has 1 saturated carbocycles. The van der Waals surface area contributed by atoms with Crippen LogP contribution in [0.15, 0.2) is 0 Å². The van der Waals surface area contributed by atoms with E-state index in [0.717, 1.165) is 12.8 Å². The lowest BCUT2D eigenvalue weighted by Crippen LogP contribution is -2.47. The Labute approximate surface area is 68.5 Å². The van der Waals surface area contributed by atoms with Crippen molar-refractivity contribution in [2.24, 2.45) is 5.73 Å². The van der Waals surface area contributed by atoms with Crippen molar-refractivity contribution < 1.29 is 4.74 Å². The summed E-state index contributed by atoms with van der Waals surface area (Å²) in [7, 11) is 1.72. The highest BCUT2D eigenvalue weighted by Crippen LogP contribution is 2.43. The molecule has 1 aliphatic rings. The quantitative estimate of drug-likeness (QED) is 0.670. The zero-order chi connectivity index (χ0) is 7.12. The summed E-state index contributed by atoms with van der Waals surface area (Å²) in [4.78, 5) is 0. The van der Waals surface area contributed by atoms with E-state index in [1.807, 2.05) is 13.8 Å². The molecule has 0 spiro atoms. The SMILES string of the molecule is COC(C)(C)C1(N)CC1.Cl. The number of halogens is 1. The Morgan fingerprint density at radius 2 is 1.80 bits per heavy atom. The number of rotatable bonds is 2. The van der Waals surface area contributed by atoms with E-state index in [0.29, 0.717) is 0 Å². The van der Waals surface area contributed by atoms with Gasteiger partial charge in [0.2, 0.25) is 0 Å². The van der Waals surface area contributed by atoms with Gasteiger partial charge in [-0.1, -0.05) is 0 Å². The third-order valence-corrected chi connectivity index (χ3v) is 2.50. The summed E-state index contributed by atoms with van der Waals surface area (Å²) in [6.07, 6.45) is 2.21. The van der Waals surface area contributed by atoms with Crippen molar-refractivity contribution in [1.82, 2.24) is 0 Å². The lowest BCUT2D eigenvalue weighted by molar-refractivity contribution is -0.00806. The lowest BCUT2D eigenvalue weighted by atomic mass is 9.97. The molecule has 0 aromatic heterocycles. The van der Waals surface area contributed by atoms with Crippen molar-refractivity contribution in [1.29, 1.82) is 0 Å². The maximum absolute atomic E-state index is 5.91. The van der Waals surface area contributed by atoms with Crippen LogP contribution in [-0.4, -0.2) is 18.2 Å². The fourth-order valence-electron chi connectivity index (χ4n) is 0.940. The molecule has 2 nitrogen and oxygen atoms in total. The summed E-state index contributed by atoms with van der Waals surface area (Å²) in [6, 6.07) is 0. The van der Waals surface area contributed by atoms with Gasteiger partial charge in [0.15, 0.2) is 0 Å². The summed E-state index contributed by atoms with van der Waals surface area (Å²) >= 11 is 0. The molecule has 0 amide bonds. The molecule has 10 heavy (non-hydrogen) atoms. The Kier molecular flexibility index (Phi) is 2.74. The minimum Gasteiger partial charge on any atom is -0.377 e. The number of methoxy groups -OCH3 is 1. The standard InChI is InChI=1S/C7H15NO.ClH/c1-6(2,9-3)7(8)4-5-7;/h4-5,8H2,1-3H3;1H. The van der Waals surface area contributed by atoms with Crippen molar-refractivity contribution in [2.75, 3.05) is 7.11 Å². The van der Waals surface area contributed by atoms with Crippen LogP contribution in [0.2, 0.25) is 0 Å². The zero-order valence-corrected chi connectivity index (χ0v) is 7.62. The van der Waals surface area contributed by atoms with Crippen molar-refractivity contribution in [2.45, 2.75) is 37.8 Å². The smallest absolute Gasteiger partial charge is 0.0801 e. The van der Waals surface area contributed by atoms with Crippen molar-refractivity contribution in [3.05, 3.63) is 0 Å². The largest absolute Gasteiger partial charge is 0.377 e. The summed E-state index contributed by atoms with van der Waals surface area (Å²) in [6.45, 7) is 4.08. The van der Waals surface area contributed by atoms with Gasteiger partial charge in [0.1, 0.15) is 0 Å². The average Bonchev–Trinajstić information content (AvgIpc) is 2.49. The van der Waals surface area contributed by atoms with Gasteiger partial charge < -0.3 is 10.5 Å². The van der Waals surface area contributed by atoms with Crippen LogP contribution >= 0.6 is 12.4 Å². The van der Waals surface area contributed by atoms with Crippen LogP contribution in [0.4, 0.5) is 0 Å². The van der Waals surface area contributed by atoms with Crippen molar-refractivity contribution in [3.8, 4) is 0 Å². The second-order valence-electron chi connectivity index (χ2n) is 3.37. The highest BCUT2D eigenvalue weighted by atomic mass is 35.5. The summed E-state index contributed by atoms with van der Waals surface area (Å²) in [5.41, 5.74) is 5.75. The molecule has 0 heterocycles. The molecule has 0 atom stereocenters. The topological polar surface area (TPSA) is 35.2 Å². The average molecular weight is 166 g/mol. The van der Waals surface area contributed by atoms with Crippen LogP contribution in [0, 0.1) is 0 Å². The summed E-state index contributed by atoms with van der Waals surface area (Å²) in [5.74, 6) is 0. The molecule has 0 saturated heterocycles. The first kappa shape index (κ1) is 10.2. The minimum absolute atomic E-state index is 0. The van der Waals surface area contributed by atoms with E-state index in [1.54, 1.807) is 7.11 Å². The van der Waals surface area contributed by atoms with Gasteiger partial charge in [-0.25, -0.2) is 0 Å². The Balaban J connectivity index is 0.000000810. The second kappa shape index (κ2) is 2.68. The normalized spacial score (nSPS) is 21.6. The first-order valence-electron chi connectivity index (χ1n) is 3.36. The Morgan fingerprint density at radius 3 is 1.90 bits per heavy atom. The minimum atomic E-state index is -0.132. The van der Waals surface area contributed by atoms with Crippen LogP contribution in [0.5, 0.6) is 0 Å². The van der Waals surface area contributed by atoms with E-state index >= 15 is 0 Å². The van der Waals surface area contributed by atoms with E-state index in [4.69, 9.17) is 10.5 Å². The molecule has 0 aromatic carbocycles. The third-order valence-electron chi connectivity index (χ3n) is 2.50. The summed E-state index contributed by atoms with van der Waals surface area (Å²) < 4.78 is 5.24. The molecule has 0 aliphatic heterocycles. The monoisotopic (exact) mass is 165 g/mol. The van der Waals surface area contributed by atoms with Crippen molar-refractivity contribution >= 4 is 12.4 Å². The second-order valence-corrected chi connectivity index (χ2v) is 3.37. The molecule has 1 rings (SSSR count). The van der Waals surface area contributed by atoms with Gasteiger partial charge in [-0.15, -0.1) is 12.4 Å². The Bertz CT molecular complexity index is 121. The molecule has 62 valence electrons. The molecular weight excluding hydrogens is 150 g/mol. The number of hydrogen-bond donors (Lipinski definition) is 1. The molecule has 1 fully saturated rings. The first-order chi connectivity index (χ1) is 4.02. The van der Waals surface area contributed by atoms with E-state index in [-0.39, 0.29) is 23.5 Å². The third kappa shape index (κ3) is 1.44. The van der Waals surface area contributed by atoms with Crippen LogP contribution < -0.4 is 5.73 Å². The van der Waals surface area contributed by atoms with Gasteiger partial charge in [0.05, 0.1) is 5.60 Å². The Hall–Kier alpha value is 0.210. The predicted molar refractivity (Wildman–Crippen MR) is 44.5 cm³/mol. The molecule has 0 bridgehead atoms. The van der Waals surface area contributed by atoms with Crippen LogP contribution in [-0.2, 0) is 4.74 Å². The van der Waals surface area contributed by atoms with Gasteiger partial charge in [0.25, 0.3) is 0 Å². The highest BCUT2D eigenvalue weighted by molar-refractivity contribution is 5.85. The fourth-order valence-corrected chi connectivity index (χ4v) is 0.940. The molecule has 0 unspecified atom stereocenters. The highest BCUT2D eigenvalue weighted by Gasteiger charge is 2.51. The van der Waals surface area contributed by atoms with E-state index in [9.17, 15) is 0 Å². The number of ether oxygens (including phenoxy) is 1. The van der Waals surface area contributed by atoms with E-state index in [1.165, 1.54) is 0 Å². The number of hydrogen-bond acceptors (Lipinski definition) is 2. The van der Waals surface area contributed by atoms with E-state index < -0.39 is 0 Å². The van der Waals surface area contributed by atoms with Crippen LogP contribution in [0.3, 0.4) is 0 Å². The zero-order valence-electron chi connectivity index (χ0n) is 6.81. The van der Waals surface area contributed by atoms with Crippen LogP contribution in [0.1, 0.15) is 26.7 Å². The van der Waals surface area contributed by atoms with Gasteiger partial charge in [0, 0.05) is 12.6 Å². The maximum atomic E-state index is 5.91. The first-order valence-corrected chi connectivity index (χ1v) is 3.36. The van der Waals surface area contributed by atoms with Gasteiger partial charge >= 0.3 is 0 Å². The predicted octanol–water partition coefficient (Wildman–Crippen LogP) is 1.32. The van der Waals surface area contributed by atoms with Crippen molar-refractivity contribution in [3.63, 3.8) is 0 Å². The molecular formula is C7H16ClNO. The van der Waals surface area contributed by atoms with Gasteiger partial charge in [-0.05, 0) is 26.7 Å². The molecule has 0 radical (unpaired) electrons. The number of nitrogens with two attached hydrogens (primary N) is 1. The fraction of sp³-hybridized carbons (Fsp3) is 1.00. The van der Waals surface area contributed by atoms with Gasteiger partial charge in [-0.2, -0.15) is 0 Å². The molecule has 1 aliphatic carbocycles. The molecule has 2 N–H and O–H groups in total. The Morgan fingerprint density at radius 1 is 1.40 bits per heavy atom. The lowest BCUT2D eigenvalue weighted by Gasteiger charge is -2.29.